The lowest BCUT2D eigenvalue weighted by atomic mass is 10.1. The number of aromatic nitrogens is 1. The number of amides is 1. The Morgan fingerprint density at radius 1 is 1.40 bits per heavy atom. The van der Waals surface area contributed by atoms with Crippen molar-refractivity contribution in [3.8, 4) is 0 Å². The van der Waals surface area contributed by atoms with Gasteiger partial charge >= 0.3 is 0 Å². The summed E-state index contributed by atoms with van der Waals surface area (Å²) in [6.45, 7) is 0. The fourth-order valence-electron chi connectivity index (χ4n) is 2.02. The third kappa shape index (κ3) is 3.23. The number of hydrazine groups is 1. The predicted molar refractivity (Wildman–Crippen MR) is 71.1 cm³/mol. The molecule has 0 saturated carbocycles. The summed E-state index contributed by atoms with van der Waals surface area (Å²) in [4.78, 5) is 15.6. The third-order valence-electron chi connectivity index (χ3n) is 3.16. The molecule has 0 aliphatic carbocycles. The molecule has 1 aliphatic rings. The number of rotatable bonds is 3. The van der Waals surface area contributed by atoms with Crippen LogP contribution < -0.4 is 16.6 Å². The molecule has 1 fully saturated rings. The van der Waals surface area contributed by atoms with Gasteiger partial charge in [0, 0.05) is 12.2 Å². The molecule has 2 rings (SSSR count). The number of sulfone groups is 1. The summed E-state index contributed by atoms with van der Waals surface area (Å²) in [5, 5.41) is 2.63. The number of nitrogens with zero attached hydrogens (tertiary/aromatic N) is 1. The molecule has 0 bridgehead atoms. The van der Waals surface area contributed by atoms with E-state index in [1.807, 2.05) is 0 Å². The number of carbonyl (C=O) groups excluding carboxylic acids is 1. The first-order valence-corrected chi connectivity index (χ1v) is 7.87. The number of nitrogen functional groups attached to an aromatic ring is 1. The predicted octanol–water partition coefficient (Wildman–Crippen LogP) is -0.187. The molecule has 7 nitrogen and oxygen atoms in total. The largest absolute Gasteiger partial charge is 0.349 e. The topological polar surface area (TPSA) is 114 Å². The summed E-state index contributed by atoms with van der Waals surface area (Å²) in [5.74, 6) is 3.49. The highest BCUT2D eigenvalue weighted by Crippen LogP contribution is 2.16. The Labute approximate surface area is 115 Å². The smallest absolute Gasteiger partial charge is 0.254 e. The van der Waals surface area contributed by atoms with E-state index >= 15 is 0 Å². The molecule has 110 valence electrons. The average Bonchev–Trinajstić information content (AvgIpc) is 2.41. The van der Waals surface area contributed by atoms with Crippen LogP contribution in [0.1, 0.15) is 23.2 Å². The second-order valence-corrected chi connectivity index (χ2v) is 6.87. The molecule has 20 heavy (non-hydrogen) atoms. The van der Waals surface area contributed by atoms with Crippen molar-refractivity contribution in [2.24, 2.45) is 5.84 Å². The van der Waals surface area contributed by atoms with Crippen LogP contribution in [0.25, 0.3) is 0 Å². The van der Waals surface area contributed by atoms with Crippen LogP contribution in [0.2, 0.25) is 0 Å². The van der Waals surface area contributed by atoms with Crippen LogP contribution >= 0.6 is 0 Å². The molecular formula is C11H15FN4O3S. The van der Waals surface area contributed by atoms with Gasteiger partial charge in [0.05, 0.1) is 17.1 Å². The number of hydrogen-bond acceptors (Lipinski definition) is 6. The monoisotopic (exact) mass is 302 g/mol. The van der Waals surface area contributed by atoms with Crippen LogP contribution in [0.3, 0.4) is 0 Å². The Kier molecular flexibility index (Phi) is 4.19. The lowest BCUT2D eigenvalue weighted by molar-refractivity contribution is 0.0930. The molecule has 0 unspecified atom stereocenters. The fourth-order valence-corrected chi connectivity index (χ4v) is 3.51. The lowest BCUT2D eigenvalue weighted by Gasteiger charge is -2.23. The summed E-state index contributed by atoms with van der Waals surface area (Å²) in [6, 6.07) is 0.971. The number of pyridine rings is 1. The van der Waals surface area contributed by atoms with E-state index in [1.54, 1.807) is 0 Å². The van der Waals surface area contributed by atoms with Gasteiger partial charge in [-0.05, 0) is 18.9 Å². The van der Waals surface area contributed by atoms with Crippen molar-refractivity contribution in [1.82, 2.24) is 10.3 Å². The van der Waals surface area contributed by atoms with Gasteiger partial charge in [0.2, 0.25) is 0 Å². The number of carbonyl (C=O) groups is 1. The molecule has 0 spiro atoms. The van der Waals surface area contributed by atoms with E-state index in [0.717, 1.165) is 0 Å². The Hall–Kier alpha value is -1.74. The van der Waals surface area contributed by atoms with Crippen LogP contribution in [0, 0.1) is 5.82 Å². The van der Waals surface area contributed by atoms with E-state index in [2.05, 4.69) is 15.7 Å². The van der Waals surface area contributed by atoms with Gasteiger partial charge in [0.25, 0.3) is 5.91 Å². The third-order valence-corrected chi connectivity index (χ3v) is 4.88. The van der Waals surface area contributed by atoms with Gasteiger partial charge in [0.1, 0.15) is 9.84 Å². The maximum Gasteiger partial charge on any atom is 0.254 e. The van der Waals surface area contributed by atoms with Crippen LogP contribution in [0.5, 0.6) is 0 Å². The highest BCUT2D eigenvalue weighted by molar-refractivity contribution is 7.91. The zero-order valence-corrected chi connectivity index (χ0v) is 11.4. The van der Waals surface area contributed by atoms with Crippen molar-refractivity contribution in [2.45, 2.75) is 18.9 Å². The molecular weight excluding hydrogens is 287 g/mol. The summed E-state index contributed by atoms with van der Waals surface area (Å²) in [6.07, 6.45) is 1.93. The van der Waals surface area contributed by atoms with Crippen LogP contribution in [0.15, 0.2) is 12.3 Å². The van der Waals surface area contributed by atoms with Crippen LogP contribution in [-0.2, 0) is 9.84 Å². The number of hydrogen-bond donors (Lipinski definition) is 3. The number of nitrogens with one attached hydrogen (secondary N) is 2. The minimum absolute atomic E-state index is 0.0341. The zero-order valence-electron chi connectivity index (χ0n) is 10.6. The van der Waals surface area contributed by atoms with Crippen molar-refractivity contribution < 1.29 is 17.6 Å². The molecule has 1 amide bonds. The van der Waals surface area contributed by atoms with Crippen LogP contribution in [-0.4, -0.2) is 36.9 Å². The summed E-state index contributed by atoms with van der Waals surface area (Å²) in [7, 11) is -3.00. The van der Waals surface area contributed by atoms with E-state index < -0.39 is 21.6 Å². The zero-order chi connectivity index (χ0) is 14.8. The Bertz CT molecular complexity index is 606. The Balaban J connectivity index is 2.06. The van der Waals surface area contributed by atoms with Gasteiger partial charge in [-0.2, -0.15) is 0 Å². The highest BCUT2D eigenvalue weighted by atomic mass is 32.2. The molecule has 0 radical (unpaired) electrons. The molecule has 0 aromatic carbocycles. The van der Waals surface area contributed by atoms with Gasteiger partial charge in [0.15, 0.2) is 11.6 Å². The molecule has 2 heterocycles. The highest BCUT2D eigenvalue weighted by Gasteiger charge is 2.26. The molecule has 0 atom stereocenters. The Morgan fingerprint density at radius 3 is 2.65 bits per heavy atom. The van der Waals surface area contributed by atoms with Gasteiger partial charge in [-0.3, -0.25) is 4.79 Å². The SMILES string of the molecule is NNc1nccc(C(=O)NC2CCS(=O)(=O)CC2)c1F. The van der Waals surface area contributed by atoms with Crippen LogP contribution in [0.4, 0.5) is 10.2 Å². The van der Waals surface area contributed by atoms with E-state index in [-0.39, 0.29) is 28.9 Å². The molecule has 1 saturated heterocycles. The van der Waals surface area contributed by atoms with E-state index in [0.29, 0.717) is 12.8 Å². The van der Waals surface area contributed by atoms with Crippen molar-refractivity contribution in [3.63, 3.8) is 0 Å². The average molecular weight is 302 g/mol. The first-order chi connectivity index (χ1) is 9.43. The van der Waals surface area contributed by atoms with Crippen molar-refractivity contribution >= 4 is 21.6 Å². The van der Waals surface area contributed by atoms with Crippen molar-refractivity contribution in [2.75, 3.05) is 16.9 Å². The second kappa shape index (κ2) is 5.71. The molecule has 4 N–H and O–H groups in total. The molecule has 9 heteroatoms. The normalized spacial score (nSPS) is 18.5. The number of anilines is 1. The van der Waals surface area contributed by atoms with Gasteiger partial charge < -0.3 is 10.7 Å². The summed E-state index contributed by atoms with van der Waals surface area (Å²) in [5.41, 5.74) is 1.88. The first-order valence-electron chi connectivity index (χ1n) is 6.05. The van der Waals surface area contributed by atoms with Gasteiger partial charge in [-0.15, -0.1) is 0 Å². The van der Waals surface area contributed by atoms with Gasteiger partial charge in [-0.25, -0.2) is 23.6 Å². The number of halogens is 1. The lowest BCUT2D eigenvalue weighted by Crippen LogP contribution is -2.41. The quantitative estimate of drug-likeness (QED) is 0.527. The first kappa shape index (κ1) is 14.7. The van der Waals surface area contributed by atoms with E-state index in [9.17, 15) is 17.6 Å². The van der Waals surface area contributed by atoms with Crippen molar-refractivity contribution in [3.05, 3.63) is 23.6 Å². The van der Waals surface area contributed by atoms with Gasteiger partial charge in [-0.1, -0.05) is 0 Å². The van der Waals surface area contributed by atoms with E-state index in [1.165, 1.54) is 12.3 Å². The molecule has 1 aromatic rings. The summed E-state index contributed by atoms with van der Waals surface area (Å²) >= 11 is 0. The molecule has 1 aliphatic heterocycles. The molecule has 1 aromatic heterocycles. The Morgan fingerprint density at radius 2 is 2.05 bits per heavy atom. The fraction of sp³-hybridized carbons (Fsp3) is 0.455. The maximum atomic E-state index is 13.8. The van der Waals surface area contributed by atoms with Crippen molar-refractivity contribution in [1.29, 1.82) is 0 Å². The minimum atomic E-state index is -3.00. The second-order valence-electron chi connectivity index (χ2n) is 4.56. The summed E-state index contributed by atoms with van der Waals surface area (Å²) < 4.78 is 36.4. The minimum Gasteiger partial charge on any atom is -0.349 e. The number of nitrogens with two attached hydrogens (primary N) is 1. The van der Waals surface area contributed by atoms with E-state index in [4.69, 9.17) is 5.84 Å². The maximum absolute atomic E-state index is 13.8. The standard InChI is InChI=1S/C11H15FN4O3S/c12-9-8(1-4-14-10(9)16-13)11(17)15-7-2-5-20(18,19)6-3-7/h1,4,7H,2-3,5-6,13H2,(H,14,16)(H,15,17).